The molecule has 0 saturated carbocycles. The summed E-state index contributed by atoms with van der Waals surface area (Å²) in [5.74, 6) is 1.53. The second-order valence-corrected chi connectivity index (χ2v) is 6.54. The van der Waals surface area contributed by atoms with Crippen molar-refractivity contribution in [3.05, 3.63) is 30.1 Å². The van der Waals surface area contributed by atoms with E-state index >= 15 is 0 Å². The number of tetrazole rings is 1. The molecular formula is C17H22N6O2. The summed E-state index contributed by atoms with van der Waals surface area (Å²) < 4.78 is 7.60. The van der Waals surface area contributed by atoms with Gasteiger partial charge in [0, 0.05) is 19.0 Å². The molecule has 0 radical (unpaired) electrons. The van der Waals surface area contributed by atoms with Crippen molar-refractivity contribution in [2.24, 2.45) is 0 Å². The van der Waals surface area contributed by atoms with Gasteiger partial charge in [-0.15, -0.1) is 5.10 Å². The molecule has 0 aliphatic carbocycles. The van der Waals surface area contributed by atoms with Crippen LogP contribution in [0, 0.1) is 6.92 Å². The molecule has 0 bridgehead atoms. The second-order valence-electron chi connectivity index (χ2n) is 6.54. The number of hydrogen-bond donors (Lipinski definition) is 1. The molecule has 1 amide bonds. The van der Waals surface area contributed by atoms with Gasteiger partial charge in [-0.05, 0) is 67.5 Å². The molecule has 25 heavy (non-hydrogen) atoms. The number of piperidine rings is 1. The molecule has 2 saturated heterocycles. The first-order valence-electron chi connectivity index (χ1n) is 8.75. The third kappa shape index (κ3) is 3.21. The molecule has 1 atom stereocenters. The fourth-order valence-electron chi connectivity index (χ4n) is 3.57. The number of amides is 1. The number of ether oxygens (including phenoxy) is 1. The van der Waals surface area contributed by atoms with Crippen molar-refractivity contribution in [3.63, 3.8) is 0 Å². The summed E-state index contributed by atoms with van der Waals surface area (Å²) >= 11 is 0. The second kappa shape index (κ2) is 6.79. The lowest BCUT2D eigenvalue weighted by Crippen LogP contribution is -2.45. The average molecular weight is 342 g/mol. The van der Waals surface area contributed by atoms with Crippen LogP contribution in [0.5, 0.6) is 5.75 Å². The summed E-state index contributed by atoms with van der Waals surface area (Å²) in [5, 5.41) is 14.8. The molecule has 2 aromatic rings. The highest BCUT2D eigenvalue weighted by molar-refractivity contribution is 5.83. The average Bonchev–Trinajstić information content (AvgIpc) is 3.23. The van der Waals surface area contributed by atoms with Gasteiger partial charge < -0.3 is 15.0 Å². The Balaban J connectivity index is 1.40. The SMILES string of the molecule is Cc1nnnn1-c1ccc(OC2CCN(C3CCNCC3)C2=O)cc1. The van der Waals surface area contributed by atoms with Crippen molar-refractivity contribution >= 4 is 5.91 Å². The van der Waals surface area contributed by atoms with Gasteiger partial charge in [0.2, 0.25) is 0 Å². The standard InChI is InChI=1S/C17H22N6O2/c1-12-19-20-21-23(12)14-2-4-15(5-3-14)25-16-8-11-22(17(16)24)13-6-9-18-10-7-13/h2-5,13,16,18H,6-11H2,1H3. The molecule has 0 spiro atoms. The Hall–Kier alpha value is -2.48. The van der Waals surface area contributed by atoms with E-state index in [1.807, 2.05) is 36.1 Å². The minimum Gasteiger partial charge on any atom is -0.481 e. The van der Waals surface area contributed by atoms with Crippen molar-refractivity contribution in [1.29, 1.82) is 0 Å². The van der Waals surface area contributed by atoms with E-state index in [4.69, 9.17) is 4.74 Å². The van der Waals surface area contributed by atoms with Crippen LogP contribution < -0.4 is 10.1 Å². The molecule has 1 aromatic carbocycles. The van der Waals surface area contributed by atoms with Crippen molar-refractivity contribution in [2.45, 2.75) is 38.3 Å². The minimum absolute atomic E-state index is 0.118. The van der Waals surface area contributed by atoms with Gasteiger partial charge in [-0.2, -0.15) is 4.68 Å². The third-order valence-corrected chi connectivity index (χ3v) is 4.93. The molecular weight excluding hydrogens is 320 g/mol. The van der Waals surface area contributed by atoms with E-state index < -0.39 is 0 Å². The summed E-state index contributed by atoms with van der Waals surface area (Å²) in [6, 6.07) is 7.85. The topological polar surface area (TPSA) is 85.2 Å². The van der Waals surface area contributed by atoms with Crippen molar-refractivity contribution in [1.82, 2.24) is 30.4 Å². The van der Waals surface area contributed by atoms with Crippen LogP contribution >= 0.6 is 0 Å². The van der Waals surface area contributed by atoms with Gasteiger partial charge in [-0.3, -0.25) is 4.79 Å². The normalized spacial score (nSPS) is 21.7. The number of aromatic nitrogens is 4. The first kappa shape index (κ1) is 16.0. The van der Waals surface area contributed by atoms with Crippen LogP contribution in [0.25, 0.3) is 5.69 Å². The smallest absolute Gasteiger partial charge is 0.263 e. The quantitative estimate of drug-likeness (QED) is 0.880. The fraction of sp³-hybridized carbons (Fsp3) is 0.529. The predicted octanol–water partition coefficient (Wildman–Crippen LogP) is 0.702. The fourth-order valence-corrected chi connectivity index (χ4v) is 3.57. The van der Waals surface area contributed by atoms with E-state index in [0.717, 1.165) is 50.4 Å². The lowest BCUT2D eigenvalue weighted by atomic mass is 10.1. The lowest BCUT2D eigenvalue weighted by molar-refractivity contribution is -0.135. The summed E-state index contributed by atoms with van der Waals surface area (Å²) in [5.41, 5.74) is 0.865. The zero-order valence-electron chi connectivity index (χ0n) is 14.3. The summed E-state index contributed by atoms with van der Waals surface area (Å²) in [6.07, 6.45) is 2.42. The lowest BCUT2D eigenvalue weighted by Gasteiger charge is -2.31. The highest BCUT2D eigenvalue weighted by atomic mass is 16.5. The maximum absolute atomic E-state index is 12.7. The molecule has 8 heteroatoms. The molecule has 132 valence electrons. The predicted molar refractivity (Wildman–Crippen MR) is 90.5 cm³/mol. The van der Waals surface area contributed by atoms with E-state index in [2.05, 4.69) is 20.8 Å². The summed E-state index contributed by atoms with van der Waals surface area (Å²) in [4.78, 5) is 14.7. The van der Waals surface area contributed by atoms with Crippen molar-refractivity contribution in [3.8, 4) is 11.4 Å². The van der Waals surface area contributed by atoms with Gasteiger partial charge >= 0.3 is 0 Å². The number of benzene rings is 1. The van der Waals surface area contributed by atoms with Crippen LogP contribution in [-0.2, 0) is 4.79 Å². The zero-order chi connectivity index (χ0) is 17.2. The van der Waals surface area contributed by atoms with Gasteiger partial charge in [0.25, 0.3) is 5.91 Å². The first-order valence-corrected chi connectivity index (χ1v) is 8.75. The van der Waals surface area contributed by atoms with Gasteiger partial charge in [0.05, 0.1) is 5.69 Å². The van der Waals surface area contributed by atoms with E-state index in [1.165, 1.54) is 0 Å². The first-order chi connectivity index (χ1) is 12.2. The number of aryl methyl sites for hydroxylation is 1. The highest BCUT2D eigenvalue weighted by Gasteiger charge is 2.37. The van der Waals surface area contributed by atoms with Crippen LogP contribution in [0.2, 0.25) is 0 Å². The van der Waals surface area contributed by atoms with Gasteiger partial charge in [0.15, 0.2) is 11.9 Å². The Morgan fingerprint density at radius 3 is 2.60 bits per heavy atom. The maximum Gasteiger partial charge on any atom is 0.263 e. The van der Waals surface area contributed by atoms with E-state index in [1.54, 1.807) is 4.68 Å². The number of nitrogens with zero attached hydrogens (tertiary/aromatic N) is 5. The van der Waals surface area contributed by atoms with E-state index in [0.29, 0.717) is 11.8 Å². The summed E-state index contributed by atoms with van der Waals surface area (Å²) in [7, 11) is 0. The minimum atomic E-state index is -0.379. The number of rotatable bonds is 4. The number of carbonyl (C=O) groups is 1. The molecule has 1 aromatic heterocycles. The Morgan fingerprint density at radius 2 is 1.92 bits per heavy atom. The van der Waals surface area contributed by atoms with E-state index in [-0.39, 0.29) is 12.0 Å². The molecule has 3 heterocycles. The molecule has 2 fully saturated rings. The van der Waals surface area contributed by atoms with E-state index in [9.17, 15) is 4.79 Å². The van der Waals surface area contributed by atoms with Crippen LogP contribution in [0.4, 0.5) is 0 Å². The summed E-state index contributed by atoms with van der Waals surface area (Å²) in [6.45, 7) is 4.60. The van der Waals surface area contributed by atoms with Crippen LogP contribution in [0.1, 0.15) is 25.1 Å². The van der Waals surface area contributed by atoms with Crippen LogP contribution in [0.3, 0.4) is 0 Å². The Morgan fingerprint density at radius 1 is 1.16 bits per heavy atom. The Kier molecular flexibility index (Phi) is 4.35. The third-order valence-electron chi connectivity index (χ3n) is 4.93. The van der Waals surface area contributed by atoms with Crippen LogP contribution in [0.15, 0.2) is 24.3 Å². The Bertz CT molecular complexity index is 738. The number of carbonyl (C=O) groups excluding carboxylic acids is 1. The van der Waals surface area contributed by atoms with Gasteiger partial charge in [0.1, 0.15) is 5.75 Å². The molecule has 1 N–H and O–H groups in total. The Labute approximate surface area is 146 Å². The molecule has 2 aliphatic heterocycles. The van der Waals surface area contributed by atoms with Gasteiger partial charge in [-0.1, -0.05) is 0 Å². The zero-order valence-corrected chi connectivity index (χ0v) is 14.3. The van der Waals surface area contributed by atoms with Crippen molar-refractivity contribution < 1.29 is 9.53 Å². The largest absolute Gasteiger partial charge is 0.481 e. The van der Waals surface area contributed by atoms with Crippen LogP contribution in [-0.4, -0.2) is 62.8 Å². The molecule has 1 unspecified atom stereocenters. The monoisotopic (exact) mass is 342 g/mol. The molecule has 8 nitrogen and oxygen atoms in total. The molecule has 2 aliphatic rings. The maximum atomic E-state index is 12.7. The molecule has 4 rings (SSSR count). The van der Waals surface area contributed by atoms with Gasteiger partial charge in [-0.25, -0.2) is 0 Å². The highest BCUT2D eigenvalue weighted by Crippen LogP contribution is 2.24. The number of nitrogens with one attached hydrogen (secondary N) is 1. The van der Waals surface area contributed by atoms with Crippen molar-refractivity contribution in [2.75, 3.05) is 19.6 Å². The number of hydrogen-bond acceptors (Lipinski definition) is 6. The number of likely N-dealkylation sites (tertiary alicyclic amines) is 1.